The van der Waals surface area contributed by atoms with Crippen molar-refractivity contribution in [2.24, 2.45) is 0 Å². The molecule has 1 atom stereocenters. The maximum Gasteiger partial charge on any atom is 0.137 e. The van der Waals surface area contributed by atoms with Crippen LogP contribution in [0.15, 0.2) is 30.7 Å². The molecule has 0 saturated carbocycles. The van der Waals surface area contributed by atoms with E-state index in [2.05, 4.69) is 66.4 Å². The van der Waals surface area contributed by atoms with Gasteiger partial charge in [0.25, 0.3) is 0 Å². The molecular weight excluding hydrogens is 340 g/mol. The van der Waals surface area contributed by atoms with Crippen LogP contribution < -0.4 is 0 Å². The molecule has 0 saturated heterocycles. The van der Waals surface area contributed by atoms with Gasteiger partial charge in [-0.25, -0.2) is 9.97 Å². The lowest BCUT2D eigenvalue weighted by Crippen LogP contribution is -2.22. The lowest BCUT2D eigenvalue weighted by molar-refractivity contribution is 0.0888. The van der Waals surface area contributed by atoms with E-state index in [1.54, 1.807) is 0 Å². The van der Waals surface area contributed by atoms with Gasteiger partial charge in [-0.2, -0.15) is 0 Å². The Labute approximate surface area is 156 Å². The first kappa shape index (κ1) is 18.9. The molecule has 5 nitrogen and oxygen atoms in total. The molecule has 1 unspecified atom stereocenters. The molecule has 26 heavy (non-hydrogen) atoms. The predicted molar refractivity (Wildman–Crippen MR) is 109 cm³/mol. The topological polar surface area (TPSA) is 66.6 Å². The van der Waals surface area contributed by atoms with Gasteiger partial charge in [0, 0.05) is 37.9 Å². The number of aromatic amines is 2. The highest BCUT2D eigenvalue weighted by atomic mass is 28.3. The van der Waals surface area contributed by atoms with Gasteiger partial charge in [-0.1, -0.05) is 40.4 Å². The summed E-state index contributed by atoms with van der Waals surface area (Å²) in [5.74, 6) is 0.977. The van der Waals surface area contributed by atoms with Crippen LogP contribution in [-0.4, -0.2) is 34.6 Å². The number of aromatic nitrogens is 4. The van der Waals surface area contributed by atoms with Crippen molar-refractivity contribution < 1.29 is 4.74 Å². The molecule has 0 amide bonds. The maximum absolute atomic E-state index is 6.42. The van der Waals surface area contributed by atoms with Gasteiger partial charge < -0.3 is 14.7 Å². The molecule has 0 radical (unpaired) electrons. The second-order valence-electron chi connectivity index (χ2n) is 9.14. The number of fused-ring (bicyclic) bond motifs is 1. The fourth-order valence-electron chi connectivity index (χ4n) is 2.89. The number of H-pyrrole nitrogens is 2. The monoisotopic (exact) mass is 370 g/mol. The zero-order valence-electron chi connectivity index (χ0n) is 16.7. The molecular formula is C20H30N4OSi. The summed E-state index contributed by atoms with van der Waals surface area (Å²) in [6.45, 7) is 14.3. The SMILES string of the molecule is CC(C)(C)c1ncc(C(OCC[Si](C)(C)C)c2ccnc3[nH]ccc23)[nH]1. The number of ether oxygens (including phenoxy) is 1. The van der Waals surface area contributed by atoms with E-state index in [1.165, 1.54) is 0 Å². The summed E-state index contributed by atoms with van der Waals surface area (Å²) in [5, 5.41) is 1.09. The molecule has 3 rings (SSSR count). The minimum atomic E-state index is -1.16. The van der Waals surface area contributed by atoms with Crippen LogP contribution in [0.4, 0.5) is 0 Å². The second-order valence-corrected chi connectivity index (χ2v) is 14.8. The number of rotatable bonds is 6. The van der Waals surface area contributed by atoms with Gasteiger partial charge in [0.05, 0.1) is 11.9 Å². The summed E-state index contributed by atoms with van der Waals surface area (Å²) in [4.78, 5) is 15.7. The fraction of sp³-hybridized carbons (Fsp3) is 0.500. The van der Waals surface area contributed by atoms with Crippen LogP contribution in [-0.2, 0) is 10.2 Å². The minimum absolute atomic E-state index is 0.0250. The quantitative estimate of drug-likeness (QED) is 0.598. The van der Waals surface area contributed by atoms with Gasteiger partial charge in [-0.3, -0.25) is 0 Å². The standard InChI is InChI=1S/C20H30N4OSi/c1-20(2,3)19-23-13-16(24-19)17(25-11-12-26(4,5)6)14-7-9-21-18-15(14)8-10-22-18/h7-10,13,17H,11-12H2,1-6H3,(H,21,22)(H,23,24). The zero-order valence-corrected chi connectivity index (χ0v) is 17.7. The van der Waals surface area contributed by atoms with E-state index in [-0.39, 0.29) is 11.5 Å². The van der Waals surface area contributed by atoms with Gasteiger partial charge in [0.15, 0.2) is 0 Å². The molecule has 0 aliphatic carbocycles. The lowest BCUT2D eigenvalue weighted by Gasteiger charge is -2.22. The van der Waals surface area contributed by atoms with Gasteiger partial charge in [-0.15, -0.1) is 0 Å². The third-order valence-corrected chi connectivity index (χ3v) is 6.21. The van der Waals surface area contributed by atoms with Crippen LogP contribution in [0.3, 0.4) is 0 Å². The first-order chi connectivity index (χ1) is 12.1. The Balaban J connectivity index is 1.96. The Morgan fingerprint density at radius 2 is 1.92 bits per heavy atom. The highest BCUT2D eigenvalue weighted by molar-refractivity contribution is 6.76. The van der Waals surface area contributed by atoms with Crippen LogP contribution in [0.2, 0.25) is 25.7 Å². The highest BCUT2D eigenvalue weighted by Gasteiger charge is 2.25. The van der Waals surface area contributed by atoms with Crippen LogP contribution in [0.5, 0.6) is 0 Å². The molecule has 3 heterocycles. The zero-order chi connectivity index (χ0) is 18.9. The number of nitrogens with zero attached hydrogens (tertiary/aromatic N) is 2. The first-order valence-corrected chi connectivity index (χ1v) is 12.9. The summed E-state index contributed by atoms with van der Waals surface area (Å²) in [5.41, 5.74) is 2.98. The van der Waals surface area contributed by atoms with Crippen molar-refractivity contribution in [2.75, 3.05) is 6.61 Å². The maximum atomic E-state index is 6.42. The van der Waals surface area contributed by atoms with Crippen LogP contribution in [0.1, 0.15) is 44.0 Å². The van der Waals surface area contributed by atoms with Gasteiger partial charge in [0.1, 0.15) is 17.6 Å². The Hall–Kier alpha value is -1.92. The van der Waals surface area contributed by atoms with Crippen molar-refractivity contribution in [3.63, 3.8) is 0 Å². The van der Waals surface area contributed by atoms with E-state index in [0.29, 0.717) is 0 Å². The van der Waals surface area contributed by atoms with Crippen LogP contribution in [0, 0.1) is 0 Å². The number of hydrogen-bond donors (Lipinski definition) is 2. The Morgan fingerprint density at radius 3 is 2.58 bits per heavy atom. The number of nitrogens with one attached hydrogen (secondary N) is 2. The Kier molecular flexibility index (Phi) is 5.08. The van der Waals surface area contributed by atoms with Crippen molar-refractivity contribution in [1.82, 2.24) is 19.9 Å². The number of hydrogen-bond acceptors (Lipinski definition) is 3. The Bertz CT molecular complexity index is 870. The average molecular weight is 371 g/mol. The van der Waals surface area contributed by atoms with Gasteiger partial charge >= 0.3 is 0 Å². The summed E-state index contributed by atoms with van der Waals surface area (Å²) in [6, 6.07) is 5.24. The van der Waals surface area contributed by atoms with E-state index in [4.69, 9.17) is 4.74 Å². The van der Waals surface area contributed by atoms with Gasteiger partial charge in [0.2, 0.25) is 0 Å². The van der Waals surface area contributed by atoms with Crippen LogP contribution in [0.25, 0.3) is 11.0 Å². The van der Waals surface area contributed by atoms with Crippen LogP contribution >= 0.6 is 0 Å². The lowest BCUT2D eigenvalue weighted by atomic mass is 9.96. The van der Waals surface area contributed by atoms with Crippen molar-refractivity contribution in [3.05, 3.63) is 47.8 Å². The molecule has 0 aromatic carbocycles. The van der Waals surface area contributed by atoms with E-state index in [0.717, 1.165) is 40.8 Å². The molecule has 0 spiro atoms. The molecule has 3 aromatic heterocycles. The third-order valence-electron chi connectivity index (χ3n) is 4.50. The average Bonchev–Trinajstić information content (AvgIpc) is 3.18. The molecule has 3 aromatic rings. The summed E-state index contributed by atoms with van der Waals surface area (Å²) < 4.78 is 6.42. The van der Waals surface area contributed by atoms with Crippen molar-refractivity contribution >= 4 is 19.1 Å². The largest absolute Gasteiger partial charge is 0.367 e. The number of imidazole rings is 1. The minimum Gasteiger partial charge on any atom is -0.367 e. The molecule has 6 heteroatoms. The highest BCUT2D eigenvalue weighted by Crippen LogP contribution is 2.32. The first-order valence-electron chi connectivity index (χ1n) is 9.24. The molecule has 0 bridgehead atoms. The Morgan fingerprint density at radius 1 is 1.15 bits per heavy atom. The molecule has 0 aliphatic heterocycles. The third kappa shape index (κ3) is 4.24. The summed E-state index contributed by atoms with van der Waals surface area (Å²) in [7, 11) is -1.16. The smallest absolute Gasteiger partial charge is 0.137 e. The van der Waals surface area contributed by atoms with E-state index >= 15 is 0 Å². The molecule has 0 fully saturated rings. The van der Waals surface area contributed by atoms with Gasteiger partial charge in [-0.05, 0) is 23.7 Å². The molecule has 2 N–H and O–H groups in total. The normalized spacial score (nSPS) is 14.1. The summed E-state index contributed by atoms with van der Waals surface area (Å²) in [6.07, 6.45) is 5.51. The van der Waals surface area contributed by atoms with Crippen molar-refractivity contribution in [2.45, 2.75) is 58.0 Å². The van der Waals surface area contributed by atoms with Crippen molar-refractivity contribution in [1.29, 1.82) is 0 Å². The summed E-state index contributed by atoms with van der Waals surface area (Å²) >= 11 is 0. The molecule has 0 aliphatic rings. The predicted octanol–water partition coefficient (Wildman–Crippen LogP) is 5.03. The molecule has 140 valence electrons. The number of pyridine rings is 1. The second kappa shape index (κ2) is 7.00. The van der Waals surface area contributed by atoms with E-state index in [1.807, 2.05) is 24.7 Å². The van der Waals surface area contributed by atoms with Crippen molar-refractivity contribution in [3.8, 4) is 0 Å². The fourth-order valence-corrected chi connectivity index (χ4v) is 3.62. The van der Waals surface area contributed by atoms with E-state index in [9.17, 15) is 0 Å². The van der Waals surface area contributed by atoms with E-state index < -0.39 is 8.07 Å².